The molecule has 1 nitrogen and oxygen atoms in total. The fraction of sp³-hybridized carbons (Fsp3) is 1.00. The van der Waals surface area contributed by atoms with Crippen LogP contribution in [0.1, 0.15) is 32.1 Å². The van der Waals surface area contributed by atoms with Gasteiger partial charge in [-0.3, -0.25) is 0 Å². The van der Waals surface area contributed by atoms with Crippen molar-refractivity contribution in [1.82, 2.24) is 0 Å². The van der Waals surface area contributed by atoms with Crippen LogP contribution in [0.4, 0.5) is 0 Å². The highest BCUT2D eigenvalue weighted by Gasteiger charge is 2.51. The van der Waals surface area contributed by atoms with E-state index in [4.69, 9.17) is 5.73 Å². The van der Waals surface area contributed by atoms with Crippen molar-refractivity contribution in [3.63, 3.8) is 0 Å². The van der Waals surface area contributed by atoms with E-state index in [0.29, 0.717) is 5.54 Å². The van der Waals surface area contributed by atoms with Gasteiger partial charge in [-0.1, -0.05) is 12.8 Å². The van der Waals surface area contributed by atoms with Crippen molar-refractivity contribution < 1.29 is 0 Å². The molecule has 0 aliphatic heterocycles. The Hall–Kier alpha value is -0.0400. The third-order valence-corrected chi connectivity index (χ3v) is 2.72. The fourth-order valence-electron chi connectivity index (χ4n) is 1.94. The lowest BCUT2D eigenvalue weighted by molar-refractivity contribution is 0.428. The van der Waals surface area contributed by atoms with E-state index in [2.05, 4.69) is 0 Å². The predicted octanol–water partition coefficient (Wildman–Crippen LogP) is 1.28. The number of hydrogen-bond donors (Lipinski definition) is 1. The molecule has 0 aromatic heterocycles. The molecule has 2 fully saturated rings. The lowest BCUT2D eigenvalue weighted by atomic mass is 9.96. The van der Waals surface area contributed by atoms with Crippen LogP contribution in [0.2, 0.25) is 0 Å². The first-order chi connectivity index (χ1) is 3.81. The van der Waals surface area contributed by atoms with Crippen molar-refractivity contribution in [2.75, 3.05) is 0 Å². The molecule has 1 heteroatoms. The van der Waals surface area contributed by atoms with Gasteiger partial charge in [0.2, 0.25) is 0 Å². The SMILES string of the molecule is N[C@@]12CCCC[C@H]1C2. The van der Waals surface area contributed by atoms with Crippen LogP contribution >= 0.6 is 0 Å². The van der Waals surface area contributed by atoms with E-state index >= 15 is 0 Å². The maximum atomic E-state index is 5.95. The Labute approximate surface area is 50.3 Å². The van der Waals surface area contributed by atoms with Crippen LogP contribution in [0.5, 0.6) is 0 Å². The van der Waals surface area contributed by atoms with Gasteiger partial charge in [-0.2, -0.15) is 0 Å². The van der Waals surface area contributed by atoms with Crippen LogP contribution in [-0.4, -0.2) is 5.54 Å². The average molecular weight is 111 g/mol. The number of rotatable bonds is 0. The highest BCUT2D eigenvalue weighted by Crippen LogP contribution is 2.51. The van der Waals surface area contributed by atoms with Gasteiger partial charge in [-0.05, 0) is 25.2 Å². The molecule has 2 aliphatic rings. The van der Waals surface area contributed by atoms with E-state index in [1.165, 1.54) is 32.1 Å². The predicted molar refractivity (Wildman–Crippen MR) is 33.5 cm³/mol. The highest BCUT2D eigenvalue weighted by atomic mass is 14.9. The Balaban J connectivity index is 2.04. The third-order valence-electron chi connectivity index (χ3n) is 2.72. The van der Waals surface area contributed by atoms with E-state index in [0.717, 1.165) is 5.92 Å². The Kier molecular flexibility index (Phi) is 0.762. The molecule has 0 heterocycles. The molecule has 8 heavy (non-hydrogen) atoms. The van der Waals surface area contributed by atoms with Gasteiger partial charge in [0.15, 0.2) is 0 Å². The van der Waals surface area contributed by atoms with Gasteiger partial charge >= 0.3 is 0 Å². The Morgan fingerprint density at radius 3 is 2.75 bits per heavy atom. The third kappa shape index (κ3) is 0.510. The van der Waals surface area contributed by atoms with E-state index in [9.17, 15) is 0 Å². The Bertz CT molecular complexity index is 109. The molecule has 46 valence electrons. The second-order valence-electron chi connectivity index (χ2n) is 3.38. The van der Waals surface area contributed by atoms with Crippen LogP contribution in [0.25, 0.3) is 0 Å². The zero-order chi connectivity index (χ0) is 5.61. The van der Waals surface area contributed by atoms with Crippen molar-refractivity contribution in [2.45, 2.75) is 37.6 Å². The van der Waals surface area contributed by atoms with Gasteiger partial charge in [-0.15, -0.1) is 0 Å². The normalized spacial score (nSPS) is 52.9. The number of nitrogens with two attached hydrogens (primary N) is 1. The summed E-state index contributed by atoms with van der Waals surface area (Å²) in [6, 6.07) is 0. The van der Waals surface area contributed by atoms with Gasteiger partial charge < -0.3 is 5.73 Å². The average Bonchev–Trinajstić information content (AvgIpc) is 2.39. The molecule has 0 saturated heterocycles. The molecule has 0 bridgehead atoms. The highest BCUT2D eigenvalue weighted by molar-refractivity contribution is 5.09. The van der Waals surface area contributed by atoms with Crippen molar-refractivity contribution in [3.05, 3.63) is 0 Å². The summed E-state index contributed by atoms with van der Waals surface area (Å²) in [6.45, 7) is 0. The van der Waals surface area contributed by atoms with E-state index < -0.39 is 0 Å². The summed E-state index contributed by atoms with van der Waals surface area (Å²) in [5.41, 5.74) is 6.30. The minimum atomic E-state index is 0.345. The first kappa shape index (κ1) is 4.80. The lowest BCUT2D eigenvalue weighted by Crippen LogP contribution is -2.26. The molecular weight excluding hydrogens is 98.1 g/mol. The minimum Gasteiger partial charge on any atom is -0.325 e. The Morgan fingerprint density at radius 1 is 1.38 bits per heavy atom. The number of fused-ring (bicyclic) bond motifs is 1. The molecule has 2 atom stereocenters. The first-order valence-electron chi connectivity index (χ1n) is 3.60. The monoisotopic (exact) mass is 111 g/mol. The van der Waals surface area contributed by atoms with Crippen LogP contribution in [0, 0.1) is 5.92 Å². The summed E-state index contributed by atoms with van der Waals surface area (Å²) >= 11 is 0. The summed E-state index contributed by atoms with van der Waals surface area (Å²) in [6.07, 6.45) is 6.86. The van der Waals surface area contributed by atoms with Crippen LogP contribution in [0.15, 0.2) is 0 Å². The standard InChI is InChI=1S/C7H13N/c8-7-4-2-1-3-6(7)5-7/h6H,1-5,8H2/t6-,7+/m0/s1. The van der Waals surface area contributed by atoms with Gasteiger partial charge in [0.1, 0.15) is 0 Å². The van der Waals surface area contributed by atoms with Crippen molar-refractivity contribution in [2.24, 2.45) is 11.7 Å². The smallest absolute Gasteiger partial charge is 0.0186 e. The maximum Gasteiger partial charge on any atom is 0.0186 e. The first-order valence-corrected chi connectivity index (χ1v) is 3.60. The fourth-order valence-corrected chi connectivity index (χ4v) is 1.94. The molecule has 0 aromatic carbocycles. The molecule has 2 N–H and O–H groups in total. The second-order valence-corrected chi connectivity index (χ2v) is 3.38. The molecular formula is C7H13N. The number of hydrogen-bond acceptors (Lipinski definition) is 1. The molecule has 0 unspecified atom stereocenters. The lowest BCUT2D eigenvalue weighted by Gasteiger charge is -2.15. The summed E-state index contributed by atoms with van der Waals surface area (Å²) in [5.74, 6) is 0.927. The van der Waals surface area contributed by atoms with Crippen molar-refractivity contribution in [3.8, 4) is 0 Å². The van der Waals surface area contributed by atoms with Crippen molar-refractivity contribution >= 4 is 0 Å². The summed E-state index contributed by atoms with van der Waals surface area (Å²) in [7, 11) is 0. The van der Waals surface area contributed by atoms with Gasteiger partial charge in [0, 0.05) is 5.54 Å². The quantitative estimate of drug-likeness (QED) is 0.500. The maximum absolute atomic E-state index is 5.95. The summed E-state index contributed by atoms with van der Waals surface area (Å²) in [5, 5.41) is 0. The largest absolute Gasteiger partial charge is 0.325 e. The van der Waals surface area contributed by atoms with Crippen LogP contribution in [-0.2, 0) is 0 Å². The Morgan fingerprint density at radius 2 is 2.25 bits per heavy atom. The second kappa shape index (κ2) is 1.27. The molecule has 0 spiro atoms. The zero-order valence-corrected chi connectivity index (χ0v) is 5.19. The van der Waals surface area contributed by atoms with E-state index in [1.807, 2.05) is 0 Å². The summed E-state index contributed by atoms with van der Waals surface area (Å²) < 4.78 is 0. The van der Waals surface area contributed by atoms with Gasteiger partial charge in [-0.25, -0.2) is 0 Å². The zero-order valence-electron chi connectivity index (χ0n) is 5.19. The molecule has 2 rings (SSSR count). The topological polar surface area (TPSA) is 26.0 Å². The van der Waals surface area contributed by atoms with Crippen LogP contribution in [0.3, 0.4) is 0 Å². The van der Waals surface area contributed by atoms with Crippen molar-refractivity contribution in [1.29, 1.82) is 0 Å². The molecule has 2 saturated carbocycles. The van der Waals surface area contributed by atoms with E-state index in [-0.39, 0.29) is 0 Å². The van der Waals surface area contributed by atoms with Gasteiger partial charge in [0.05, 0.1) is 0 Å². The van der Waals surface area contributed by atoms with Crippen LogP contribution < -0.4 is 5.73 Å². The molecule has 0 amide bonds. The van der Waals surface area contributed by atoms with Gasteiger partial charge in [0.25, 0.3) is 0 Å². The molecule has 0 radical (unpaired) electrons. The molecule has 2 aliphatic carbocycles. The van der Waals surface area contributed by atoms with E-state index in [1.54, 1.807) is 0 Å². The minimum absolute atomic E-state index is 0.345. The summed E-state index contributed by atoms with van der Waals surface area (Å²) in [4.78, 5) is 0. The molecule has 0 aromatic rings.